The van der Waals surface area contributed by atoms with Crippen molar-refractivity contribution < 1.29 is 9.18 Å². The lowest BCUT2D eigenvalue weighted by atomic mass is 10.0. The van der Waals surface area contributed by atoms with Crippen LogP contribution in [0.4, 0.5) is 10.1 Å². The first-order valence-electron chi connectivity index (χ1n) is 8.10. The Hall–Kier alpha value is -3.02. The van der Waals surface area contributed by atoms with E-state index >= 15 is 0 Å². The van der Waals surface area contributed by atoms with Gasteiger partial charge in [0.1, 0.15) is 11.6 Å². The third-order valence-corrected chi connectivity index (χ3v) is 4.63. The molecular weight excluding hydrogens is 321 g/mol. The minimum atomic E-state index is -0.548. The summed E-state index contributed by atoms with van der Waals surface area (Å²) in [5.41, 5.74) is 3.36. The average molecular weight is 337 g/mol. The maximum atomic E-state index is 13.8. The highest BCUT2D eigenvalue weighted by molar-refractivity contribution is 5.80. The topological polar surface area (TPSA) is 74.8 Å². The van der Waals surface area contributed by atoms with E-state index in [1.54, 1.807) is 13.0 Å². The SMILES string of the molecule is Cc1nc2cc3c(cc2c(=O)[nH]1)C(Nc1ccc(C=O)c(F)c1)CC3. The third-order valence-electron chi connectivity index (χ3n) is 4.63. The van der Waals surface area contributed by atoms with Crippen molar-refractivity contribution in [3.05, 3.63) is 69.0 Å². The lowest BCUT2D eigenvalue weighted by Gasteiger charge is -2.16. The monoisotopic (exact) mass is 337 g/mol. The van der Waals surface area contributed by atoms with E-state index < -0.39 is 5.82 Å². The van der Waals surface area contributed by atoms with Crippen LogP contribution in [0.25, 0.3) is 10.9 Å². The molecule has 1 aliphatic rings. The molecule has 1 heterocycles. The number of rotatable bonds is 3. The number of fused-ring (bicyclic) bond motifs is 2. The smallest absolute Gasteiger partial charge is 0.258 e. The van der Waals surface area contributed by atoms with Crippen LogP contribution in [-0.2, 0) is 6.42 Å². The quantitative estimate of drug-likeness (QED) is 0.719. The van der Waals surface area contributed by atoms with Crippen LogP contribution in [0.1, 0.15) is 39.8 Å². The maximum absolute atomic E-state index is 13.8. The summed E-state index contributed by atoms with van der Waals surface area (Å²) in [5.74, 6) is 0.0451. The molecule has 1 aromatic heterocycles. The molecule has 4 rings (SSSR count). The summed E-state index contributed by atoms with van der Waals surface area (Å²) in [6.45, 7) is 1.76. The van der Waals surface area contributed by atoms with Gasteiger partial charge in [-0.3, -0.25) is 9.59 Å². The van der Waals surface area contributed by atoms with Gasteiger partial charge in [-0.1, -0.05) is 0 Å². The fourth-order valence-electron chi connectivity index (χ4n) is 3.42. The second-order valence-corrected chi connectivity index (χ2v) is 6.31. The van der Waals surface area contributed by atoms with Gasteiger partial charge in [-0.15, -0.1) is 0 Å². The van der Waals surface area contributed by atoms with Gasteiger partial charge in [-0.05, 0) is 61.2 Å². The Bertz CT molecular complexity index is 1060. The summed E-state index contributed by atoms with van der Waals surface area (Å²) < 4.78 is 13.8. The average Bonchev–Trinajstić information content (AvgIpc) is 2.95. The number of nitrogens with one attached hydrogen (secondary N) is 2. The lowest BCUT2D eigenvalue weighted by molar-refractivity contribution is 0.112. The summed E-state index contributed by atoms with van der Waals surface area (Å²) in [6, 6.07) is 8.28. The second-order valence-electron chi connectivity index (χ2n) is 6.31. The van der Waals surface area contributed by atoms with Crippen molar-refractivity contribution in [1.82, 2.24) is 9.97 Å². The number of hydrogen-bond donors (Lipinski definition) is 2. The summed E-state index contributed by atoms with van der Waals surface area (Å²) in [6.07, 6.45) is 2.21. The Labute approximate surface area is 142 Å². The largest absolute Gasteiger partial charge is 0.378 e. The van der Waals surface area contributed by atoms with E-state index in [-0.39, 0.29) is 17.2 Å². The zero-order valence-corrected chi connectivity index (χ0v) is 13.6. The van der Waals surface area contributed by atoms with Crippen molar-refractivity contribution in [2.45, 2.75) is 25.8 Å². The minimum Gasteiger partial charge on any atom is -0.378 e. The summed E-state index contributed by atoms with van der Waals surface area (Å²) in [4.78, 5) is 30.0. The normalized spacial score (nSPS) is 16.0. The second kappa shape index (κ2) is 5.81. The number of carbonyl (C=O) groups is 1. The van der Waals surface area contributed by atoms with Crippen LogP contribution in [0.5, 0.6) is 0 Å². The number of halogens is 1. The fraction of sp³-hybridized carbons (Fsp3) is 0.211. The van der Waals surface area contributed by atoms with Crippen molar-refractivity contribution in [3.63, 3.8) is 0 Å². The standard InChI is InChI=1S/C19H16FN3O2/c1-10-21-18-6-11-3-5-17(14(11)8-15(18)19(25)22-10)23-13-4-2-12(9-24)16(20)7-13/h2,4,6-9,17,23H,3,5H2,1H3,(H,21,22,25). The molecule has 1 aliphatic carbocycles. The van der Waals surface area contributed by atoms with Crippen LogP contribution in [0.15, 0.2) is 35.1 Å². The van der Waals surface area contributed by atoms with Crippen molar-refractivity contribution in [2.24, 2.45) is 0 Å². The first-order valence-corrected chi connectivity index (χ1v) is 8.10. The number of aromatic amines is 1. The molecule has 0 saturated heterocycles. The molecule has 6 heteroatoms. The number of carbonyl (C=O) groups excluding carboxylic acids is 1. The molecule has 25 heavy (non-hydrogen) atoms. The van der Waals surface area contributed by atoms with Crippen LogP contribution in [-0.4, -0.2) is 16.3 Å². The van der Waals surface area contributed by atoms with Crippen LogP contribution < -0.4 is 10.9 Å². The van der Waals surface area contributed by atoms with Crippen LogP contribution in [0.3, 0.4) is 0 Å². The highest BCUT2D eigenvalue weighted by Gasteiger charge is 2.24. The van der Waals surface area contributed by atoms with E-state index in [1.807, 2.05) is 12.1 Å². The van der Waals surface area contributed by atoms with Gasteiger partial charge in [0.25, 0.3) is 5.56 Å². The Morgan fingerprint density at radius 1 is 1.32 bits per heavy atom. The Morgan fingerprint density at radius 3 is 2.92 bits per heavy atom. The summed E-state index contributed by atoms with van der Waals surface area (Å²) >= 11 is 0. The highest BCUT2D eigenvalue weighted by Crippen LogP contribution is 2.35. The van der Waals surface area contributed by atoms with Crippen molar-refractivity contribution in [1.29, 1.82) is 0 Å². The van der Waals surface area contributed by atoms with Crippen molar-refractivity contribution in [2.75, 3.05) is 5.32 Å². The molecule has 0 bridgehead atoms. The number of hydrogen-bond acceptors (Lipinski definition) is 4. The molecule has 1 unspecified atom stereocenters. The molecule has 0 aliphatic heterocycles. The van der Waals surface area contributed by atoms with E-state index in [0.717, 1.165) is 24.0 Å². The summed E-state index contributed by atoms with van der Waals surface area (Å²) in [5, 5.41) is 3.85. The predicted molar refractivity (Wildman–Crippen MR) is 93.6 cm³/mol. The molecule has 0 saturated carbocycles. The number of aryl methyl sites for hydroxylation is 2. The predicted octanol–water partition coefficient (Wildman–Crippen LogP) is 3.28. The molecule has 126 valence electrons. The van der Waals surface area contributed by atoms with E-state index in [0.29, 0.717) is 28.7 Å². The highest BCUT2D eigenvalue weighted by atomic mass is 19.1. The Balaban J connectivity index is 1.72. The number of nitrogens with zero attached hydrogens (tertiary/aromatic N) is 1. The van der Waals surface area contributed by atoms with Gasteiger partial charge in [0.2, 0.25) is 0 Å². The summed E-state index contributed by atoms with van der Waals surface area (Å²) in [7, 11) is 0. The molecule has 3 aromatic rings. The van der Waals surface area contributed by atoms with Gasteiger partial charge in [-0.25, -0.2) is 9.37 Å². The van der Waals surface area contributed by atoms with Gasteiger partial charge in [0, 0.05) is 5.69 Å². The first kappa shape index (κ1) is 15.5. The zero-order chi connectivity index (χ0) is 17.6. The van der Waals surface area contributed by atoms with E-state index in [2.05, 4.69) is 15.3 Å². The van der Waals surface area contributed by atoms with Gasteiger partial charge < -0.3 is 10.3 Å². The van der Waals surface area contributed by atoms with Crippen molar-refractivity contribution >= 4 is 22.9 Å². The molecule has 0 fully saturated rings. The number of aldehydes is 1. The van der Waals surface area contributed by atoms with E-state index in [9.17, 15) is 14.0 Å². The zero-order valence-electron chi connectivity index (χ0n) is 13.6. The molecule has 2 N–H and O–H groups in total. The third kappa shape index (κ3) is 2.69. The number of H-pyrrole nitrogens is 1. The Kier molecular flexibility index (Phi) is 3.60. The van der Waals surface area contributed by atoms with Gasteiger partial charge in [-0.2, -0.15) is 0 Å². The molecule has 0 amide bonds. The molecule has 1 atom stereocenters. The lowest BCUT2D eigenvalue weighted by Crippen LogP contribution is -2.12. The van der Waals surface area contributed by atoms with Gasteiger partial charge >= 0.3 is 0 Å². The number of anilines is 1. The van der Waals surface area contributed by atoms with Crippen LogP contribution in [0, 0.1) is 12.7 Å². The number of aromatic nitrogens is 2. The minimum absolute atomic E-state index is 0.0124. The van der Waals surface area contributed by atoms with Gasteiger partial charge in [0.15, 0.2) is 6.29 Å². The Morgan fingerprint density at radius 2 is 2.16 bits per heavy atom. The first-order chi connectivity index (χ1) is 12.0. The molecule has 0 radical (unpaired) electrons. The molecular formula is C19H16FN3O2. The number of benzene rings is 2. The molecule has 0 spiro atoms. The fourth-order valence-corrected chi connectivity index (χ4v) is 3.42. The maximum Gasteiger partial charge on any atom is 0.258 e. The van der Waals surface area contributed by atoms with Crippen molar-refractivity contribution in [3.8, 4) is 0 Å². The molecule has 2 aromatic carbocycles. The van der Waals surface area contributed by atoms with E-state index in [4.69, 9.17) is 0 Å². The molecule has 5 nitrogen and oxygen atoms in total. The van der Waals surface area contributed by atoms with Crippen LogP contribution in [0.2, 0.25) is 0 Å². The van der Waals surface area contributed by atoms with E-state index in [1.165, 1.54) is 12.1 Å². The van der Waals surface area contributed by atoms with Gasteiger partial charge in [0.05, 0.1) is 22.5 Å². The van der Waals surface area contributed by atoms with Crippen LogP contribution >= 0.6 is 0 Å².